The van der Waals surface area contributed by atoms with Gasteiger partial charge in [-0.2, -0.15) is 0 Å². The van der Waals surface area contributed by atoms with E-state index in [9.17, 15) is 0 Å². The summed E-state index contributed by atoms with van der Waals surface area (Å²) in [5.74, 6) is 0.414. The van der Waals surface area contributed by atoms with Gasteiger partial charge in [0.05, 0.1) is 18.6 Å². The number of hydrogen-bond donors (Lipinski definition) is 0. The van der Waals surface area contributed by atoms with Gasteiger partial charge in [-0.15, -0.1) is 11.6 Å². The molecule has 1 aliphatic heterocycles. The Kier molecular flexibility index (Phi) is 3.53. The van der Waals surface area contributed by atoms with Gasteiger partial charge in [0.2, 0.25) is 0 Å². The molecule has 0 amide bonds. The molecule has 0 aromatic carbocycles. The van der Waals surface area contributed by atoms with Crippen molar-refractivity contribution in [1.29, 1.82) is 0 Å². The SMILES string of the molecule is ClC[C@H]1CO[C@@H](C(Cl)Cl)O1. The van der Waals surface area contributed by atoms with E-state index < -0.39 is 11.1 Å². The second-order valence-electron chi connectivity index (χ2n) is 1.95. The van der Waals surface area contributed by atoms with Crippen molar-refractivity contribution < 1.29 is 9.47 Å². The maximum Gasteiger partial charge on any atom is 0.188 e. The zero-order valence-corrected chi connectivity index (χ0v) is 7.36. The van der Waals surface area contributed by atoms with E-state index in [1.54, 1.807) is 0 Å². The lowest BCUT2D eigenvalue weighted by molar-refractivity contribution is -0.0427. The molecule has 2 atom stereocenters. The highest BCUT2D eigenvalue weighted by molar-refractivity contribution is 6.44. The molecule has 1 saturated heterocycles. The molecule has 0 saturated carbocycles. The summed E-state index contributed by atoms with van der Waals surface area (Å²) in [7, 11) is 0. The summed E-state index contributed by atoms with van der Waals surface area (Å²) in [6.07, 6.45) is -0.571. The molecule has 0 bridgehead atoms. The van der Waals surface area contributed by atoms with Crippen LogP contribution < -0.4 is 0 Å². The first kappa shape index (κ1) is 8.88. The molecule has 5 heteroatoms. The van der Waals surface area contributed by atoms with Crippen LogP contribution in [0, 0.1) is 0 Å². The van der Waals surface area contributed by atoms with Crippen LogP contribution in [-0.2, 0) is 9.47 Å². The van der Waals surface area contributed by atoms with Crippen LogP contribution in [0.1, 0.15) is 0 Å². The van der Waals surface area contributed by atoms with Gasteiger partial charge in [-0.3, -0.25) is 0 Å². The van der Waals surface area contributed by atoms with Crippen molar-refractivity contribution in [1.82, 2.24) is 0 Å². The summed E-state index contributed by atoms with van der Waals surface area (Å²) in [4.78, 5) is -0.631. The highest BCUT2D eigenvalue weighted by atomic mass is 35.5. The smallest absolute Gasteiger partial charge is 0.188 e. The summed E-state index contributed by atoms with van der Waals surface area (Å²) in [6, 6.07) is 0. The van der Waals surface area contributed by atoms with E-state index in [0.717, 1.165) is 0 Å². The third-order valence-corrected chi connectivity index (χ3v) is 1.91. The van der Waals surface area contributed by atoms with Crippen molar-refractivity contribution in [3.05, 3.63) is 0 Å². The molecule has 10 heavy (non-hydrogen) atoms. The van der Waals surface area contributed by atoms with Crippen LogP contribution in [0.5, 0.6) is 0 Å². The van der Waals surface area contributed by atoms with E-state index >= 15 is 0 Å². The Morgan fingerprint density at radius 3 is 2.50 bits per heavy atom. The minimum Gasteiger partial charge on any atom is -0.347 e. The lowest BCUT2D eigenvalue weighted by atomic mass is 10.4. The lowest BCUT2D eigenvalue weighted by Gasteiger charge is -2.09. The average molecular weight is 205 g/mol. The quantitative estimate of drug-likeness (QED) is 0.640. The Labute approximate surface area is 74.3 Å². The number of halogens is 3. The third-order valence-electron chi connectivity index (χ3n) is 1.15. The topological polar surface area (TPSA) is 18.5 Å². The molecule has 0 unspecified atom stereocenters. The summed E-state index contributed by atoms with van der Waals surface area (Å²) in [5, 5.41) is 0. The van der Waals surface area contributed by atoms with Gasteiger partial charge in [-0.05, 0) is 0 Å². The predicted octanol–water partition coefficient (Wildman–Crippen LogP) is 1.77. The van der Waals surface area contributed by atoms with E-state index in [1.165, 1.54) is 0 Å². The fourth-order valence-electron chi connectivity index (χ4n) is 0.683. The van der Waals surface area contributed by atoms with Crippen LogP contribution in [0.2, 0.25) is 0 Å². The largest absolute Gasteiger partial charge is 0.347 e. The van der Waals surface area contributed by atoms with Crippen LogP contribution in [0.4, 0.5) is 0 Å². The Morgan fingerprint density at radius 2 is 2.20 bits per heavy atom. The first-order valence-electron chi connectivity index (χ1n) is 2.85. The second-order valence-corrected chi connectivity index (χ2v) is 3.42. The zero-order chi connectivity index (χ0) is 7.56. The van der Waals surface area contributed by atoms with Gasteiger partial charge in [0.1, 0.15) is 0 Å². The van der Waals surface area contributed by atoms with E-state index in [1.807, 2.05) is 0 Å². The highest BCUT2D eigenvalue weighted by Gasteiger charge is 2.29. The molecule has 0 aromatic rings. The fraction of sp³-hybridized carbons (Fsp3) is 1.00. The Hall–Kier alpha value is 0.790. The van der Waals surface area contributed by atoms with Gasteiger partial charge in [-0.25, -0.2) is 0 Å². The molecule has 1 aliphatic rings. The number of ether oxygens (including phenoxy) is 2. The third kappa shape index (κ3) is 2.14. The molecule has 0 N–H and O–H groups in total. The Morgan fingerprint density at radius 1 is 1.50 bits per heavy atom. The van der Waals surface area contributed by atoms with Crippen molar-refractivity contribution in [3.63, 3.8) is 0 Å². The first-order chi connectivity index (χ1) is 4.74. The molecule has 0 spiro atoms. The summed E-state index contributed by atoms with van der Waals surface area (Å²) >= 11 is 16.4. The monoisotopic (exact) mass is 204 g/mol. The Bertz CT molecular complexity index is 109. The zero-order valence-electron chi connectivity index (χ0n) is 5.10. The summed E-state index contributed by atoms with van der Waals surface area (Å²) < 4.78 is 10.2. The van der Waals surface area contributed by atoms with Gasteiger partial charge < -0.3 is 9.47 Å². The van der Waals surface area contributed by atoms with Crippen LogP contribution in [0.15, 0.2) is 0 Å². The molecule has 1 fully saturated rings. The molecular weight excluding hydrogens is 198 g/mol. The van der Waals surface area contributed by atoms with E-state index in [0.29, 0.717) is 12.5 Å². The Balaban J connectivity index is 2.28. The van der Waals surface area contributed by atoms with Gasteiger partial charge in [0, 0.05) is 0 Å². The van der Waals surface area contributed by atoms with Crippen molar-refractivity contribution in [2.45, 2.75) is 17.2 Å². The average Bonchev–Trinajstić information content (AvgIpc) is 2.34. The van der Waals surface area contributed by atoms with E-state index in [4.69, 9.17) is 44.3 Å². The normalized spacial score (nSPS) is 33.6. The van der Waals surface area contributed by atoms with Gasteiger partial charge in [-0.1, -0.05) is 23.2 Å². The van der Waals surface area contributed by atoms with Gasteiger partial charge in [0.25, 0.3) is 0 Å². The lowest BCUT2D eigenvalue weighted by Crippen LogP contribution is -2.18. The standard InChI is InChI=1S/C5H7Cl3O2/c6-1-3-2-9-5(10-3)4(7)8/h3-5H,1-2H2/t3-,5+/m0/s1. The summed E-state index contributed by atoms with van der Waals surface area (Å²) in [6.45, 7) is 0.476. The molecule has 1 rings (SSSR count). The molecule has 2 nitrogen and oxygen atoms in total. The van der Waals surface area contributed by atoms with Crippen LogP contribution in [0.3, 0.4) is 0 Å². The van der Waals surface area contributed by atoms with E-state index in [2.05, 4.69) is 0 Å². The minimum absolute atomic E-state index is 0.0633. The maximum absolute atomic E-state index is 5.49. The molecule has 1 heterocycles. The van der Waals surface area contributed by atoms with Crippen LogP contribution >= 0.6 is 34.8 Å². The van der Waals surface area contributed by atoms with Crippen molar-refractivity contribution in [2.24, 2.45) is 0 Å². The van der Waals surface area contributed by atoms with Gasteiger partial charge >= 0.3 is 0 Å². The summed E-state index contributed by atoms with van der Waals surface area (Å²) in [5.41, 5.74) is 0. The highest BCUT2D eigenvalue weighted by Crippen LogP contribution is 2.21. The molecular formula is C5H7Cl3O2. The van der Waals surface area contributed by atoms with Crippen molar-refractivity contribution in [3.8, 4) is 0 Å². The number of rotatable bonds is 2. The predicted molar refractivity (Wildman–Crippen MR) is 40.8 cm³/mol. The van der Waals surface area contributed by atoms with Crippen molar-refractivity contribution in [2.75, 3.05) is 12.5 Å². The van der Waals surface area contributed by atoms with Gasteiger partial charge in [0.15, 0.2) is 11.1 Å². The molecule has 0 radical (unpaired) electrons. The van der Waals surface area contributed by atoms with Crippen LogP contribution in [-0.4, -0.2) is 29.7 Å². The molecule has 0 aliphatic carbocycles. The minimum atomic E-state index is -0.631. The molecule has 60 valence electrons. The number of hydrogen-bond acceptors (Lipinski definition) is 2. The van der Waals surface area contributed by atoms with Crippen LogP contribution in [0.25, 0.3) is 0 Å². The fourth-order valence-corrected chi connectivity index (χ4v) is 1.11. The second kappa shape index (κ2) is 3.98. The first-order valence-corrected chi connectivity index (χ1v) is 4.26. The molecule has 0 aromatic heterocycles. The number of alkyl halides is 3. The maximum atomic E-state index is 5.49. The van der Waals surface area contributed by atoms with Crippen molar-refractivity contribution >= 4 is 34.8 Å². The van der Waals surface area contributed by atoms with E-state index in [-0.39, 0.29) is 6.10 Å².